The lowest BCUT2D eigenvalue weighted by Crippen LogP contribution is -2.70. The molecule has 110 valence electrons. The van der Waals surface area contributed by atoms with E-state index in [4.69, 9.17) is 23.2 Å². The molecule has 0 amide bonds. The molecule has 0 aliphatic rings. The Labute approximate surface area is 128 Å². The molecule has 0 atom stereocenters. The highest BCUT2D eigenvalue weighted by Crippen LogP contribution is 2.30. The number of carboxylic acid groups (broad SMARTS) is 1. The van der Waals surface area contributed by atoms with Crippen molar-refractivity contribution >= 4 is 40.5 Å². The lowest BCUT2D eigenvalue weighted by Gasteiger charge is -2.25. The van der Waals surface area contributed by atoms with Crippen LogP contribution in [0.3, 0.4) is 0 Å². The van der Waals surface area contributed by atoms with Crippen LogP contribution in [0.4, 0.5) is 0 Å². The molecule has 0 spiro atoms. The van der Waals surface area contributed by atoms with E-state index >= 15 is 0 Å². The molecule has 0 fully saturated rings. The van der Waals surface area contributed by atoms with Crippen LogP contribution in [0, 0.1) is 5.41 Å². The maximum absolute atomic E-state index is 10.1. The quantitative estimate of drug-likeness (QED) is 0.908. The van der Waals surface area contributed by atoms with E-state index in [1.807, 2.05) is 0 Å². The standard InChI is InChI=1S/C8H19N.C5H2Cl2O2S/c1-7(2,3)6-8(4,5)9;6-2-1-3(5(8)9)10-4(2)7/h6,9H2,1-5H3;1H,(H,8,9). The number of hydrogen-bond acceptors (Lipinski definition) is 3. The van der Waals surface area contributed by atoms with Crippen molar-refractivity contribution in [2.45, 2.75) is 46.6 Å². The van der Waals surface area contributed by atoms with Crippen molar-refractivity contribution in [3.8, 4) is 0 Å². The first-order chi connectivity index (χ1) is 8.32. The fourth-order valence-corrected chi connectivity index (χ4v) is 3.09. The topological polar surface area (TPSA) is 67.8 Å². The summed E-state index contributed by atoms with van der Waals surface area (Å²) >= 11 is 11.8. The monoisotopic (exact) mass is 325 g/mol. The molecule has 3 nitrogen and oxygen atoms in total. The van der Waals surface area contributed by atoms with Gasteiger partial charge in [0.1, 0.15) is 4.34 Å². The van der Waals surface area contributed by atoms with E-state index in [1.54, 1.807) is 0 Å². The Morgan fingerprint density at radius 1 is 1.32 bits per heavy atom. The number of carbonyl (C=O) groups is 1. The van der Waals surface area contributed by atoms with Crippen LogP contribution in [0.5, 0.6) is 0 Å². The minimum atomic E-state index is -1.25. The van der Waals surface area contributed by atoms with Crippen LogP contribution >= 0.6 is 34.5 Å². The predicted molar refractivity (Wildman–Crippen MR) is 79.7 cm³/mol. The maximum Gasteiger partial charge on any atom is 0.112 e. The zero-order chi connectivity index (χ0) is 15.4. The number of carbonyl (C=O) groups excluding carboxylic acids is 1. The lowest BCUT2D eigenvalue weighted by molar-refractivity contribution is -0.470. The van der Waals surface area contributed by atoms with Gasteiger partial charge in [-0.1, -0.05) is 44.0 Å². The van der Waals surface area contributed by atoms with Crippen molar-refractivity contribution in [3.05, 3.63) is 20.3 Å². The summed E-state index contributed by atoms with van der Waals surface area (Å²) in [4.78, 5) is 10.2. The Morgan fingerprint density at radius 2 is 1.79 bits per heavy atom. The normalized spacial score (nSPS) is 11.8. The zero-order valence-corrected chi connectivity index (χ0v) is 14.3. The summed E-state index contributed by atoms with van der Waals surface area (Å²) < 4.78 is 0.279. The summed E-state index contributed by atoms with van der Waals surface area (Å²) in [7, 11) is 0. The molecular formula is C13H21Cl2NO2S. The van der Waals surface area contributed by atoms with Gasteiger partial charge in [-0.05, 0) is 25.3 Å². The second kappa shape index (κ2) is 6.93. The summed E-state index contributed by atoms with van der Waals surface area (Å²) in [5.74, 6) is -1.25. The minimum Gasteiger partial charge on any atom is -0.544 e. The van der Waals surface area contributed by atoms with E-state index < -0.39 is 5.97 Å². The van der Waals surface area contributed by atoms with Crippen LogP contribution < -0.4 is 10.8 Å². The Kier molecular flexibility index (Phi) is 6.83. The highest BCUT2D eigenvalue weighted by atomic mass is 35.5. The van der Waals surface area contributed by atoms with Crippen LogP contribution in [0.1, 0.15) is 50.7 Å². The van der Waals surface area contributed by atoms with Crippen molar-refractivity contribution in [2.75, 3.05) is 0 Å². The molecule has 1 aromatic rings. The molecule has 6 heteroatoms. The molecule has 0 unspecified atom stereocenters. The van der Waals surface area contributed by atoms with Crippen molar-refractivity contribution in [3.63, 3.8) is 0 Å². The highest BCUT2D eigenvalue weighted by molar-refractivity contribution is 7.18. The number of halogens is 2. The molecule has 19 heavy (non-hydrogen) atoms. The molecule has 1 heterocycles. The van der Waals surface area contributed by atoms with E-state index in [0.29, 0.717) is 5.41 Å². The molecule has 0 aliphatic carbocycles. The Hall–Kier alpha value is -0.290. The smallest absolute Gasteiger partial charge is 0.112 e. The zero-order valence-electron chi connectivity index (χ0n) is 12.0. The van der Waals surface area contributed by atoms with Gasteiger partial charge in [-0.25, -0.2) is 0 Å². The summed E-state index contributed by atoms with van der Waals surface area (Å²) in [5, 5.41) is 10.4. The number of carboxylic acids is 1. The molecule has 0 aromatic carbocycles. The third kappa shape index (κ3) is 9.27. The second-order valence-electron chi connectivity index (χ2n) is 6.42. The maximum atomic E-state index is 10.1. The first-order valence-corrected chi connectivity index (χ1v) is 7.40. The Bertz CT molecular complexity index is 399. The fourth-order valence-electron chi connectivity index (χ4n) is 1.88. The van der Waals surface area contributed by atoms with Crippen molar-refractivity contribution in [2.24, 2.45) is 5.41 Å². The Morgan fingerprint density at radius 3 is 1.89 bits per heavy atom. The van der Waals surface area contributed by atoms with Crippen LogP contribution in [0.2, 0.25) is 9.36 Å². The second-order valence-corrected chi connectivity index (χ2v) is 8.48. The SMILES string of the molecule is CC(C)(C)CC(C)(C)[NH3+].O=C([O-])c1cc(Cl)c(Cl)s1. The summed E-state index contributed by atoms with van der Waals surface area (Å²) in [6.45, 7) is 11.1. The van der Waals surface area contributed by atoms with Crippen molar-refractivity contribution < 1.29 is 15.6 Å². The van der Waals surface area contributed by atoms with Crippen molar-refractivity contribution in [1.29, 1.82) is 0 Å². The number of rotatable bonds is 2. The van der Waals surface area contributed by atoms with Gasteiger partial charge in [-0.3, -0.25) is 0 Å². The number of aromatic carboxylic acids is 1. The number of hydrogen-bond donors (Lipinski definition) is 1. The molecule has 0 bridgehead atoms. The largest absolute Gasteiger partial charge is 0.544 e. The van der Waals surface area contributed by atoms with Crippen molar-refractivity contribution in [1.82, 2.24) is 0 Å². The highest BCUT2D eigenvalue weighted by Gasteiger charge is 2.23. The average Bonchev–Trinajstić information content (AvgIpc) is 2.41. The van der Waals surface area contributed by atoms with Gasteiger partial charge < -0.3 is 15.6 Å². The van der Waals surface area contributed by atoms with E-state index in [2.05, 4.69) is 40.4 Å². The lowest BCUT2D eigenvalue weighted by atomic mass is 9.82. The summed E-state index contributed by atoms with van der Waals surface area (Å²) in [6.07, 6.45) is 1.18. The van der Waals surface area contributed by atoms with Gasteiger partial charge in [0.2, 0.25) is 0 Å². The van der Waals surface area contributed by atoms with Gasteiger partial charge >= 0.3 is 0 Å². The van der Waals surface area contributed by atoms with Gasteiger partial charge in [0.25, 0.3) is 0 Å². The van der Waals surface area contributed by atoms with E-state index in [-0.39, 0.29) is 19.8 Å². The van der Waals surface area contributed by atoms with E-state index in [9.17, 15) is 9.90 Å². The fraction of sp³-hybridized carbons (Fsp3) is 0.615. The predicted octanol–water partition coefficient (Wildman–Crippen LogP) is 2.86. The van der Waals surface area contributed by atoms with Crippen LogP contribution in [0.25, 0.3) is 0 Å². The summed E-state index contributed by atoms with van der Waals surface area (Å²) in [6, 6.07) is 1.27. The average molecular weight is 326 g/mol. The third-order valence-electron chi connectivity index (χ3n) is 1.86. The third-order valence-corrected chi connectivity index (χ3v) is 3.70. The molecule has 1 rings (SSSR count). The molecule has 0 aliphatic heterocycles. The molecule has 3 N–H and O–H groups in total. The Balaban J connectivity index is 0.000000344. The van der Waals surface area contributed by atoms with Crippen LogP contribution in [0.15, 0.2) is 6.07 Å². The summed E-state index contributed by atoms with van der Waals surface area (Å²) in [5.41, 5.74) is 4.71. The number of quaternary nitrogens is 1. The van der Waals surface area contributed by atoms with E-state index in [1.165, 1.54) is 12.5 Å². The van der Waals surface area contributed by atoms with Gasteiger partial charge in [-0.15, -0.1) is 11.3 Å². The molecule has 1 aromatic heterocycles. The van der Waals surface area contributed by atoms with Crippen LogP contribution in [-0.2, 0) is 0 Å². The molecule has 0 saturated carbocycles. The molecular weight excluding hydrogens is 305 g/mol. The van der Waals surface area contributed by atoms with Gasteiger partial charge in [0.05, 0.1) is 21.4 Å². The minimum absolute atomic E-state index is 0.0509. The molecule has 0 saturated heterocycles. The first-order valence-electron chi connectivity index (χ1n) is 5.83. The first kappa shape index (κ1) is 18.7. The number of thiophene rings is 1. The van der Waals surface area contributed by atoms with Crippen LogP contribution in [-0.4, -0.2) is 11.5 Å². The van der Waals surface area contributed by atoms with Gasteiger partial charge in [0, 0.05) is 6.42 Å². The van der Waals surface area contributed by atoms with E-state index in [0.717, 1.165) is 11.3 Å². The molecule has 0 radical (unpaired) electrons. The van der Waals surface area contributed by atoms with Gasteiger partial charge in [-0.2, -0.15) is 0 Å². The van der Waals surface area contributed by atoms with Gasteiger partial charge in [0.15, 0.2) is 0 Å².